The second kappa shape index (κ2) is 6.54. The fourth-order valence-electron chi connectivity index (χ4n) is 2.70. The van der Waals surface area contributed by atoms with Gasteiger partial charge in [-0.25, -0.2) is 0 Å². The lowest BCUT2D eigenvalue weighted by molar-refractivity contribution is -0.856. The number of benzene rings is 2. The van der Waals surface area contributed by atoms with Gasteiger partial charge in [0, 0.05) is 5.39 Å². The maximum absolute atomic E-state index is 12.7. The number of imide groups is 1. The van der Waals surface area contributed by atoms with Crippen molar-refractivity contribution in [1.29, 1.82) is 0 Å². The van der Waals surface area contributed by atoms with E-state index in [1.807, 2.05) is 38.4 Å². The van der Waals surface area contributed by atoms with Gasteiger partial charge in [0.1, 0.15) is 0 Å². The summed E-state index contributed by atoms with van der Waals surface area (Å²) in [6, 6.07) is 10.8. The van der Waals surface area contributed by atoms with Crippen LogP contribution in [-0.4, -0.2) is 49.1 Å². The van der Waals surface area contributed by atoms with E-state index in [9.17, 15) is 9.59 Å². The summed E-state index contributed by atoms with van der Waals surface area (Å²) in [6.45, 7) is 1.52. The number of hydrogen-bond donors (Lipinski definition) is 3. The molecule has 1 aliphatic heterocycles. The van der Waals surface area contributed by atoms with Crippen molar-refractivity contribution in [1.82, 2.24) is 15.8 Å². The lowest BCUT2D eigenvalue weighted by Gasteiger charge is -2.28. The highest BCUT2D eigenvalue weighted by Crippen LogP contribution is 2.28. The third-order valence-corrected chi connectivity index (χ3v) is 4.13. The quantitative estimate of drug-likeness (QED) is 0.537. The minimum absolute atomic E-state index is 0.254. The lowest BCUT2D eigenvalue weighted by Crippen LogP contribution is -3.06. The number of rotatable bonds is 4. The van der Waals surface area contributed by atoms with Crippen molar-refractivity contribution >= 4 is 39.9 Å². The van der Waals surface area contributed by atoms with Crippen molar-refractivity contribution in [2.75, 3.05) is 27.2 Å². The van der Waals surface area contributed by atoms with E-state index in [4.69, 9.17) is 12.2 Å². The van der Waals surface area contributed by atoms with Crippen LogP contribution in [0.1, 0.15) is 20.7 Å². The van der Waals surface area contributed by atoms with Gasteiger partial charge in [0.05, 0.1) is 38.3 Å². The number of amides is 2. The standard InChI is InChI=1S/C17H18N4O2S/c1-20(2)10-9-18-17(24)19-21-15(22)12-7-3-5-11-6-4-8-13(14(11)12)16(21)23/h3-8H,9-10H2,1-2H3,(H2,18,19,24)/p+1. The Bertz CT molecular complexity index is 784. The van der Waals surface area contributed by atoms with Crippen LogP contribution in [-0.2, 0) is 0 Å². The fourth-order valence-corrected chi connectivity index (χ4v) is 2.89. The molecule has 7 heteroatoms. The summed E-state index contributed by atoms with van der Waals surface area (Å²) in [5, 5.41) is 5.81. The number of hydrazine groups is 1. The SMILES string of the molecule is C[NH+](C)CCNC(=S)NN1C(=O)c2cccc3cccc(c23)C1=O. The molecule has 0 atom stereocenters. The van der Waals surface area contributed by atoms with Crippen LogP contribution in [0.5, 0.6) is 0 Å². The number of thiocarbonyl (C=S) groups is 1. The van der Waals surface area contributed by atoms with E-state index in [2.05, 4.69) is 10.7 Å². The van der Waals surface area contributed by atoms with E-state index < -0.39 is 11.8 Å². The Kier molecular flexibility index (Phi) is 4.46. The minimum atomic E-state index is -0.397. The molecule has 0 saturated heterocycles. The van der Waals surface area contributed by atoms with Crippen molar-refractivity contribution in [2.24, 2.45) is 0 Å². The topological polar surface area (TPSA) is 65.9 Å². The molecule has 2 aromatic carbocycles. The van der Waals surface area contributed by atoms with Crippen molar-refractivity contribution in [3.8, 4) is 0 Å². The normalized spacial score (nSPS) is 13.5. The van der Waals surface area contributed by atoms with Gasteiger partial charge in [0.15, 0.2) is 5.11 Å². The number of carbonyl (C=O) groups excluding carboxylic acids is 2. The maximum atomic E-state index is 12.7. The maximum Gasteiger partial charge on any atom is 0.280 e. The molecule has 2 amide bonds. The number of nitrogens with one attached hydrogen (secondary N) is 3. The first-order chi connectivity index (χ1) is 11.5. The zero-order chi connectivity index (χ0) is 17.3. The highest BCUT2D eigenvalue weighted by Gasteiger charge is 2.33. The molecule has 6 nitrogen and oxygen atoms in total. The average molecular weight is 343 g/mol. The highest BCUT2D eigenvalue weighted by atomic mass is 32.1. The predicted molar refractivity (Wildman–Crippen MR) is 95.9 cm³/mol. The molecule has 24 heavy (non-hydrogen) atoms. The molecule has 0 bridgehead atoms. The molecule has 0 aromatic heterocycles. The Morgan fingerprint density at radius 1 is 1.08 bits per heavy atom. The van der Waals surface area contributed by atoms with Crippen LogP contribution in [0.4, 0.5) is 0 Å². The predicted octanol–water partition coefficient (Wildman–Crippen LogP) is -0.0406. The van der Waals surface area contributed by atoms with Crippen molar-refractivity contribution in [2.45, 2.75) is 0 Å². The van der Waals surface area contributed by atoms with Crippen LogP contribution >= 0.6 is 12.2 Å². The Hall–Kier alpha value is -2.51. The summed E-state index contributed by atoms with van der Waals surface area (Å²) in [5.41, 5.74) is 3.71. The smallest absolute Gasteiger partial charge is 0.280 e. The molecule has 124 valence electrons. The summed E-state index contributed by atoms with van der Waals surface area (Å²) < 4.78 is 0. The number of carbonyl (C=O) groups is 2. The van der Waals surface area contributed by atoms with Gasteiger partial charge in [-0.05, 0) is 29.7 Å². The summed E-state index contributed by atoms with van der Waals surface area (Å²) in [5.74, 6) is -0.793. The molecule has 0 saturated carbocycles. The highest BCUT2D eigenvalue weighted by molar-refractivity contribution is 7.80. The first kappa shape index (κ1) is 16.4. The first-order valence-electron chi connectivity index (χ1n) is 7.73. The molecule has 0 spiro atoms. The summed E-state index contributed by atoms with van der Waals surface area (Å²) in [7, 11) is 4.07. The van der Waals surface area contributed by atoms with Gasteiger partial charge in [-0.3, -0.25) is 15.0 Å². The molecular weight excluding hydrogens is 324 g/mol. The largest absolute Gasteiger partial charge is 0.356 e. The molecule has 1 heterocycles. The van der Waals surface area contributed by atoms with Gasteiger partial charge in [-0.1, -0.05) is 24.3 Å². The van der Waals surface area contributed by atoms with E-state index in [1.54, 1.807) is 12.1 Å². The van der Waals surface area contributed by atoms with Gasteiger partial charge < -0.3 is 10.2 Å². The fraction of sp³-hybridized carbons (Fsp3) is 0.235. The molecule has 0 aliphatic carbocycles. The zero-order valence-corrected chi connectivity index (χ0v) is 14.4. The third-order valence-electron chi connectivity index (χ3n) is 3.90. The van der Waals surface area contributed by atoms with Gasteiger partial charge >= 0.3 is 0 Å². The van der Waals surface area contributed by atoms with Crippen LogP contribution in [0.25, 0.3) is 10.8 Å². The second-order valence-corrected chi connectivity index (χ2v) is 6.39. The Morgan fingerprint density at radius 3 is 2.21 bits per heavy atom. The molecule has 3 N–H and O–H groups in total. The lowest BCUT2D eigenvalue weighted by atomic mass is 9.95. The Morgan fingerprint density at radius 2 is 1.67 bits per heavy atom. The number of quaternary nitrogens is 1. The van der Waals surface area contributed by atoms with Gasteiger partial charge in [0.25, 0.3) is 11.8 Å². The third kappa shape index (κ3) is 2.95. The van der Waals surface area contributed by atoms with Crippen LogP contribution in [0, 0.1) is 0 Å². The van der Waals surface area contributed by atoms with Crippen LogP contribution < -0.4 is 15.6 Å². The second-order valence-electron chi connectivity index (χ2n) is 5.98. The molecule has 3 rings (SSSR count). The molecule has 2 aromatic rings. The van der Waals surface area contributed by atoms with E-state index in [0.717, 1.165) is 16.9 Å². The van der Waals surface area contributed by atoms with Crippen molar-refractivity contribution in [3.05, 3.63) is 47.5 Å². The number of likely N-dealkylation sites (N-methyl/N-ethyl adjacent to an activating group) is 1. The molecule has 0 unspecified atom stereocenters. The Balaban J connectivity index is 1.83. The Labute approximate surface area is 145 Å². The van der Waals surface area contributed by atoms with Crippen molar-refractivity contribution in [3.63, 3.8) is 0 Å². The van der Waals surface area contributed by atoms with E-state index in [-0.39, 0.29) is 5.11 Å². The minimum Gasteiger partial charge on any atom is -0.356 e. The van der Waals surface area contributed by atoms with Crippen LogP contribution in [0.15, 0.2) is 36.4 Å². The average Bonchev–Trinajstić information content (AvgIpc) is 2.56. The summed E-state index contributed by atoms with van der Waals surface area (Å²) in [4.78, 5) is 26.6. The number of hydrogen-bond acceptors (Lipinski definition) is 3. The van der Waals surface area contributed by atoms with Crippen molar-refractivity contribution < 1.29 is 14.5 Å². The molecule has 1 aliphatic rings. The first-order valence-corrected chi connectivity index (χ1v) is 8.14. The van der Waals surface area contributed by atoms with Gasteiger partial charge in [-0.15, -0.1) is 0 Å². The molecular formula is C17H19N4O2S+. The summed E-state index contributed by atoms with van der Waals surface area (Å²) >= 11 is 5.20. The monoisotopic (exact) mass is 343 g/mol. The van der Waals surface area contributed by atoms with Gasteiger partial charge in [0.2, 0.25) is 0 Å². The molecule has 0 radical (unpaired) electrons. The van der Waals surface area contributed by atoms with E-state index in [0.29, 0.717) is 23.1 Å². The summed E-state index contributed by atoms with van der Waals surface area (Å²) in [6.07, 6.45) is 0. The number of nitrogens with zero attached hydrogens (tertiary/aromatic N) is 1. The van der Waals surface area contributed by atoms with Crippen LogP contribution in [0.2, 0.25) is 0 Å². The zero-order valence-electron chi connectivity index (χ0n) is 13.6. The van der Waals surface area contributed by atoms with Gasteiger partial charge in [-0.2, -0.15) is 5.01 Å². The van der Waals surface area contributed by atoms with Crippen LogP contribution in [0.3, 0.4) is 0 Å². The van der Waals surface area contributed by atoms with E-state index in [1.165, 1.54) is 4.90 Å². The van der Waals surface area contributed by atoms with E-state index >= 15 is 0 Å². The molecule has 0 fully saturated rings.